The Morgan fingerprint density at radius 1 is 1.37 bits per heavy atom. The summed E-state index contributed by atoms with van der Waals surface area (Å²) in [6.45, 7) is 3.93. The van der Waals surface area contributed by atoms with E-state index in [0.29, 0.717) is 12.1 Å². The maximum atomic E-state index is 6.10. The van der Waals surface area contributed by atoms with E-state index in [1.165, 1.54) is 31.2 Å². The first-order valence-corrected chi connectivity index (χ1v) is 7.40. The van der Waals surface area contributed by atoms with Crippen LogP contribution in [0.4, 0.5) is 0 Å². The highest BCUT2D eigenvalue weighted by molar-refractivity contribution is 5.80. The Morgan fingerprint density at radius 3 is 2.89 bits per heavy atom. The molecule has 2 N–H and O–H groups in total. The van der Waals surface area contributed by atoms with Gasteiger partial charge in [-0.2, -0.15) is 5.10 Å². The van der Waals surface area contributed by atoms with Gasteiger partial charge in [0.15, 0.2) is 5.96 Å². The second kappa shape index (κ2) is 5.23. The van der Waals surface area contributed by atoms with Crippen LogP contribution in [0.25, 0.3) is 0 Å². The van der Waals surface area contributed by atoms with Crippen LogP contribution in [0.2, 0.25) is 0 Å². The third kappa shape index (κ3) is 2.33. The van der Waals surface area contributed by atoms with E-state index in [9.17, 15) is 0 Å². The van der Waals surface area contributed by atoms with Crippen molar-refractivity contribution < 1.29 is 0 Å². The molecule has 0 aromatic carbocycles. The van der Waals surface area contributed by atoms with Gasteiger partial charge in [0.1, 0.15) is 0 Å². The summed E-state index contributed by atoms with van der Waals surface area (Å²) in [7, 11) is 0. The summed E-state index contributed by atoms with van der Waals surface area (Å²) in [6.07, 6.45) is 10.4. The first-order valence-electron chi connectivity index (χ1n) is 7.40. The van der Waals surface area contributed by atoms with Crippen LogP contribution >= 0.6 is 0 Å². The van der Waals surface area contributed by atoms with E-state index in [-0.39, 0.29) is 0 Å². The second-order valence-corrected chi connectivity index (χ2v) is 5.60. The molecule has 1 saturated carbocycles. The molecule has 0 amide bonds. The number of guanidine groups is 1. The summed E-state index contributed by atoms with van der Waals surface area (Å²) in [4.78, 5) is 6.79. The quantitative estimate of drug-likeness (QED) is 0.900. The Hall–Kier alpha value is -1.52. The minimum absolute atomic E-state index is 0.300. The molecule has 1 aromatic heterocycles. The fourth-order valence-corrected chi connectivity index (χ4v) is 3.30. The van der Waals surface area contributed by atoms with Gasteiger partial charge in [0, 0.05) is 24.3 Å². The lowest BCUT2D eigenvalue weighted by atomic mass is 10.1. The predicted molar refractivity (Wildman–Crippen MR) is 75.8 cm³/mol. The molecule has 0 bridgehead atoms. The van der Waals surface area contributed by atoms with Crippen molar-refractivity contribution in [3.05, 3.63) is 18.0 Å². The number of hydrogen-bond acceptors (Lipinski definition) is 4. The summed E-state index contributed by atoms with van der Waals surface area (Å²) < 4.78 is 2.02. The molecule has 1 fully saturated rings. The van der Waals surface area contributed by atoms with Gasteiger partial charge in [-0.15, -0.1) is 0 Å². The van der Waals surface area contributed by atoms with Gasteiger partial charge in [0.2, 0.25) is 0 Å². The molecule has 3 rings (SSSR count). The summed E-state index contributed by atoms with van der Waals surface area (Å²) >= 11 is 0. The Kier molecular flexibility index (Phi) is 3.44. The van der Waals surface area contributed by atoms with E-state index in [4.69, 9.17) is 5.73 Å². The van der Waals surface area contributed by atoms with E-state index >= 15 is 0 Å². The molecule has 5 heteroatoms. The van der Waals surface area contributed by atoms with Gasteiger partial charge in [-0.1, -0.05) is 19.8 Å². The summed E-state index contributed by atoms with van der Waals surface area (Å²) in [5, 5.41) is 4.43. The highest BCUT2D eigenvalue weighted by Crippen LogP contribution is 2.33. The molecule has 19 heavy (non-hydrogen) atoms. The fraction of sp³-hybridized carbons (Fsp3) is 0.714. The minimum atomic E-state index is 0.300. The van der Waals surface area contributed by atoms with E-state index in [1.54, 1.807) is 0 Å². The SMILES string of the molecule is CCCn1cc(C2CN=C(N)N2C2CCCC2)cn1. The molecule has 2 heterocycles. The van der Waals surface area contributed by atoms with E-state index in [1.807, 2.05) is 10.9 Å². The van der Waals surface area contributed by atoms with Crippen LogP contribution in [0.15, 0.2) is 17.4 Å². The number of nitrogens with zero attached hydrogens (tertiary/aromatic N) is 4. The Balaban J connectivity index is 1.78. The molecule has 0 radical (unpaired) electrons. The average Bonchev–Trinajstić information content (AvgIpc) is 3.08. The van der Waals surface area contributed by atoms with Gasteiger partial charge in [-0.25, -0.2) is 0 Å². The number of aryl methyl sites for hydroxylation is 1. The molecule has 5 nitrogen and oxygen atoms in total. The van der Waals surface area contributed by atoms with E-state index in [2.05, 4.69) is 28.1 Å². The van der Waals surface area contributed by atoms with Crippen molar-refractivity contribution in [3.63, 3.8) is 0 Å². The van der Waals surface area contributed by atoms with Crippen molar-refractivity contribution in [2.75, 3.05) is 6.54 Å². The van der Waals surface area contributed by atoms with Gasteiger partial charge in [0.25, 0.3) is 0 Å². The van der Waals surface area contributed by atoms with Crippen LogP contribution in [0.5, 0.6) is 0 Å². The standard InChI is InChI=1S/C14H23N5/c1-2-7-18-10-11(8-17-18)13-9-16-14(15)19(13)12-5-3-4-6-12/h8,10,12-13H,2-7,9H2,1H3,(H2,15,16). The topological polar surface area (TPSA) is 59.4 Å². The lowest BCUT2D eigenvalue weighted by Crippen LogP contribution is -2.42. The number of nitrogens with two attached hydrogens (primary N) is 1. The molecule has 1 aliphatic heterocycles. The van der Waals surface area contributed by atoms with Crippen molar-refractivity contribution in [1.29, 1.82) is 0 Å². The smallest absolute Gasteiger partial charge is 0.192 e. The summed E-state index contributed by atoms with van der Waals surface area (Å²) in [6, 6.07) is 0.875. The monoisotopic (exact) mass is 261 g/mol. The number of aromatic nitrogens is 2. The highest BCUT2D eigenvalue weighted by atomic mass is 15.4. The largest absolute Gasteiger partial charge is 0.370 e. The lowest BCUT2D eigenvalue weighted by Gasteiger charge is -2.31. The van der Waals surface area contributed by atoms with Crippen LogP contribution in [0.3, 0.4) is 0 Å². The van der Waals surface area contributed by atoms with Crippen molar-refractivity contribution >= 4 is 5.96 Å². The molecule has 2 aliphatic rings. The number of aliphatic imine (C=N–C) groups is 1. The minimum Gasteiger partial charge on any atom is -0.370 e. The van der Waals surface area contributed by atoms with Crippen LogP contribution in [-0.2, 0) is 6.54 Å². The molecular formula is C14H23N5. The molecule has 1 unspecified atom stereocenters. The zero-order valence-electron chi connectivity index (χ0n) is 11.6. The maximum absolute atomic E-state index is 6.10. The molecule has 0 saturated heterocycles. The molecule has 104 valence electrons. The van der Waals surface area contributed by atoms with E-state index < -0.39 is 0 Å². The normalized spacial score (nSPS) is 24.2. The van der Waals surface area contributed by atoms with Gasteiger partial charge < -0.3 is 10.6 Å². The Morgan fingerprint density at radius 2 is 2.16 bits per heavy atom. The lowest BCUT2D eigenvalue weighted by molar-refractivity contribution is 0.262. The molecule has 1 aromatic rings. The third-order valence-corrected chi connectivity index (χ3v) is 4.24. The molecular weight excluding hydrogens is 238 g/mol. The number of rotatable bonds is 4. The first kappa shape index (κ1) is 12.5. The van der Waals surface area contributed by atoms with Gasteiger partial charge in [-0.05, 0) is 19.3 Å². The Bertz CT molecular complexity index is 458. The van der Waals surface area contributed by atoms with Gasteiger partial charge in [-0.3, -0.25) is 9.67 Å². The van der Waals surface area contributed by atoms with Gasteiger partial charge in [0.05, 0.1) is 18.8 Å². The zero-order valence-corrected chi connectivity index (χ0v) is 11.6. The molecule has 0 spiro atoms. The summed E-state index contributed by atoms with van der Waals surface area (Å²) in [5.41, 5.74) is 7.35. The Labute approximate surface area is 114 Å². The van der Waals surface area contributed by atoms with Crippen LogP contribution in [-0.4, -0.2) is 33.2 Å². The van der Waals surface area contributed by atoms with Gasteiger partial charge >= 0.3 is 0 Å². The predicted octanol–water partition coefficient (Wildman–Crippen LogP) is 1.91. The number of hydrogen-bond donors (Lipinski definition) is 1. The maximum Gasteiger partial charge on any atom is 0.192 e. The van der Waals surface area contributed by atoms with Crippen LogP contribution in [0.1, 0.15) is 50.6 Å². The molecule has 1 aliphatic carbocycles. The zero-order chi connectivity index (χ0) is 13.2. The highest BCUT2D eigenvalue weighted by Gasteiger charge is 2.35. The fourth-order valence-electron chi connectivity index (χ4n) is 3.30. The van der Waals surface area contributed by atoms with Crippen molar-refractivity contribution in [2.24, 2.45) is 10.7 Å². The van der Waals surface area contributed by atoms with Crippen molar-refractivity contribution in [2.45, 2.75) is 57.7 Å². The van der Waals surface area contributed by atoms with Crippen LogP contribution < -0.4 is 5.73 Å². The van der Waals surface area contributed by atoms with Crippen molar-refractivity contribution in [3.8, 4) is 0 Å². The third-order valence-electron chi connectivity index (χ3n) is 4.24. The average molecular weight is 261 g/mol. The van der Waals surface area contributed by atoms with Crippen molar-refractivity contribution in [1.82, 2.24) is 14.7 Å². The van der Waals surface area contributed by atoms with Crippen LogP contribution in [0, 0.1) is 0 Å². The van der Waals surface area contributed by atoms with E-state index in [0.717, 1.165) is 25.5 Å². The summed E-state index contributed by atoms with van der Waals surface area (Å²) in [5.74, 6) is 0.722. The molecule has 1 atom stereocenters. The second-order valence-electron chi connectivity index (χ2n) is 5.60. The first-order chi connectivity index (χ1) is 9.29.